The molecule has 0 aliphatic heterocycles. The van der Waals surface area contributed by atoms with Gasteiger partial charge in [0.2, 0.25) is 0 Å². The third kappa shape index (κ3) is 7.73. The molecule has 14 heteroatoms. The molecule has 1 saturated carbocycles. The Morgan fingerprint density at radius 2 is 0.737 bits per heavy atom. The molecule has 0 amide bonds. The standard InChI is InChI=1S/C24H18F12N2/c25-21(26,27)15-5-13(6-16(9-15)22(28,29)30)11-37-19-3-1-2-4-20(19)38-12-14-7-17(23(31,32)33)10-18(8-14)24(34,35)36/h5-12,19-20H,1-4H2/t19-,20-/m1/s1. The van der Waals surface area contributed by atoms with Crippen LogP contribution in [0.4, 0.5) is 52.7 Å². The molecule has 1 aliphatic rings. The van der Waals surface area contributed by atoms with Crippen LogP contribution >= 0.6 is 0 Å². The predicted molar refractivity (Wildman–Crippen MR) is 114 cm³/mol. The van der Waals surface area contributed by atoms with E-state index in [1.807, 2.05) is 0 Å². The zero-order valence-electron chi connectivity index (χ0n) is 19.0. The van der Waals surface area contributed by atoms with Crippen LogP contribution in [0, 0.1) is 0 Å². The van der Waals surface area contributed by atoms with Crippen LogP contribution in [-0.2, 0) is 24.7 Å². The third-order valence-electron chi connectivity index (χ3n) is 5.74. The molecule has 0 spiro atoms. The maximum Gasteiger partial charge on any atom is 0.416 e. The second-order valence-electron chi connectivity index (χ2n) is 8.65. The van der Waals surface area contributed by atoms with E-state index in [2.05, 4.69) is 9.98 Å². The van der Waals surface area contributed by atoms with Crippen LogP contribution in [0.3, 0.4) is 0 Å². The highest BCUT2D eigenvalue weighted by Crippen LogP contribution is 2.37. The van der Waals surface area contributed by atoms with E-state index in [4.69, 9.17) is 0 Å². The second-order valence-corrected chi connectivity index (χ2v) is 8.65. The molecule has 2 aromatic carbocycles. The number of nitrogens with zero attached hydrogens (tertiary/aromatic N) is 2. The largest absolute Gasteiger partial charge is 0.416 e. The van der Waals surface area contributed by atoms with Gasteiger partial charge in [-0.2, -0.15) is 52.7 Å². The fourth-order valence-corrected chi connectivity index (χ4v) is 3.91. The summed E-state index contributed by atoms with van der Waals surface area (Å²) >= 11 is 0. The number of hydrogen-bond donors (Lipinski definition) is 0. The van der Waals surface area contributed by atoms with Gasteiger partial charge in [-0.1, -0.05) is 12.8 Å². The molecule has 0 aromatic heterocycles. The third-order valence-corrected chi connectivity index (χ3v) is 5.74. The van der Waals surface area contributed by atoms with Crippen LogP contribution in [-0.4, -0.2) is 24.5 Å². The van der Waals surface area contributed by atoms with E-state index in [1.54, 1.807) is 0 Å². The number of hydrogen-bond acceptors (Lipinski definition) is 2. The minimum Gasteiger partial charge on any atom is -0.287 e. The molecule has 0 bridgehead atoms. The van der Waals surface area contributed by atoms with Gasteiger partial charge in [-0.15, -0.1) is 0 Å². The molecule has 0 radical (unpaired) electrons. The summed E-state index contributed by atoms with van der Waals surface area (Å²) in [4.78, 5) is 8.15. The van der Waals surface area contributed by atoms with Crippen LogP contribution in [0.1, 0.15) is 59.1 Å². The van der Waals surface area contributed by atoms with Crippen LogP contribution in [0.5, 0.6) is 0 Å². The average Bonchev–Trinajstić information content (AvgIpc) is 2.79. The van der Waals surface area contributed by atoms with Crippen LogP contribution < -0.4 is 0 Å². The summed E-state index contributed by atoms with van der Waals surface area (Å²) in [5.74, 6) is 0. The van der Waals surface area contributed by atoms with E-state index in [-0.39, 0.29) is 12.1 Å². The number of alkyl halides is 12. The Morgan fingerprint density at radius 1 is 0.474 bits per heavy atom. The molecule has 1 fully saturated rings. The van der Waals surface area contributed by atoms with Gasteiger partial charge in [0.1, 0.15) is 0 Å². The van der Waals surface area contributed by atoms with Crippen molar-refractivity contribution < 1.29 is 52.7 Å². The first-order valence-corrected chi connectivity index (χ1v) is 11.0. The lowest BCUT2D eigenvalue weighted by molar-refractivity contribution is -0.144. The van der Waals surface area contributed by atoms with Crippen molar-refractivity contribution in [1.82, 2.24) is 0 Å². The van der Waals surface area contributed by atoms with Crippen LogP contribution in [0.15, 0.2) is 46.4 Å². The van der Waals surface area contributed by atoms with Crippen LogP contribution in [0.25, 0.3) is 0 Å². The molecule has 0 unspecified atom stereocenters. The molecule has 38 heavy (non-hydrogen) atoms. The van der Waals surface area contributed by atoms with Crippen molar-refractivity contribution in [1.29, 1.82) is 0 Å². The topological polar surface area (TPSA) is 24.7 Å². The zero-order valence-corrected chi connectivity index (χ0v) is 19.0. The molecule has 2 atom stereocenters. The van der Waals surface area contributed by atoms with Gasteiger partial charge in [-0.05, 0) is 60.4 Å². The minimum absolute atomic E-state index is 0.0324. The van der Waals surface area contributed by atoms with E-state index < -0.39 is 70.2 Å². The highest BCUT2D eigenvalue weighted by atomic mass is 19.4. The van der Waals surface area contributed by atoms with Crippen LogP contribution in [0.2, 0.25) is 0 Å². The SMILES string of the molecule is FC(F)(F)c1cc(C=N[C@@H]2CCCC[C@H]2N=Cc2cc(C(F)(F)F)cc(C(F)(F)F)c2)cc(C(F)(F)F)c1. The predicted octanol–water partition coefficient (Wildman–Crippen LogP) is 8.61. The molecule has 0 N–H and O–H groups in total. The lowest BCUT2D eigenvalue weighted by atomic mass is 9.91. The number of aliphatic imine (C=N–C) groups is 2. The molecule has 1 aliphatic carbocycles. The van der Waals surface area contributed by atoms with Crippen molar-refractivity contribution in [3.05, 3.63) is 69.8 Å². The summed E-state index contributed by atoms with van der Waals surface area (Å²) in [6, 6.07) is 0.350. The van der Waals surface area contributed by atoms with Gasteiger partial charge < -0.3 is 0 Å². The van der Waals surface area contributed by atoms with Crippen molar-refractivity contribution in [2.45, 2.75) is 62.5 Å². The Morgan fingerprint density at radius 3 is 0.974 bits per heavy atom. The van der Waals surface area contributed by atoms with Crippen molar-refractivity contribution in [2.24, 2.45) is 9.98 Å². The van der Waals surface area contributed by atoms with E-state index in [9.17, 15) is 52.7 Å². The Balaban J connectivity index is 1.91. The van der Waals surface area contributed by atoms with Gasteiger partial charge >= 0.3 is 24.7 Å². The first-order chi connectivity index (χ1) is 17.3. The number of rotatable bonds is 4. The van der Waals surface area contributed by atoms with Gasteiger partial charge in [0.05, 0.1) is 34.3 Å². The first-order valence-electron chi connectivity index (χ1n) is 11.0. The Bertz CT molecular complexity index is 1030. The smallest absolute Gasteiger partial charge is 0.287 e. The van der Waals surface area contributed by atoms with Gasteiger partial charge in [0.25, 0.3) is 0 Å². The summed E-state index contributed by atoms with van der Waals surface area (Å²) in [6.07, 6.45) is -16.8. The summed E-state index contributed by atoms with van der Waals surface area (Å²) in [7, 11) is 0. The highest BCUT2D eigenvalue weighted by molar-refractivity contribution is 5.81. The van der Waals surface area contributed by atoms with E-state index in [1.165, 1.54) is 0 Å². The van der Waals surface area contributed by atoms with E-state index >= 15 is 0 Å². The number of benzene rings is 2. The van der Waals surface area contributed by atoms with Crippen molar-refractivity contribution >= 4 is 12.4 Å². The molecular formula is C24H18F12N2. The lowest BCUT2D eigenvalue weighted by Gasteiger charge is -2.25. The highest BCUT2D eigenvalue weighted by Gasteiger charge is 2.38. The van der Waals surface area contributed by atoms with Gasteiger partial charge in [0, 0.05) is 12.4 Å². The molecule has 3 rings (SSSR count). The second kappa shape index (κ2) is 10.6. The molecule has 2 nitrogen and oxygen atoms in total. The average molecular weight is 562 g/mol. The van der Waals surface area contributed by atoms with E-state index in [0.717, 1.165) is 12.4 Å². The molecule has 0 saturated heterocycles. The monoisotopic (exact) mass is 562 g/mol. The molecule has 0 heterocycles. The zero-order chi connectivity index (χ0) is 28.5. The molecular weight excluding hydrogens is 544 g/mol. The van der Waals surface area contributed by atoms with Crippen molar-refractivity contribution in [2.75, 3.05) is 0 Å². The molecule has 208 valence electrons. The van der Waals surface area contributed by atoms with Gasteiger partial charge in [0.15, 0.2) is 0 Å². The summed E-state index contributed by atoms with van der Waals surface area (Å²) in [5.41, 5.74) is -7.08. The fourth-order valence-electron chi connectivity index (χ4n) is 3.91. The number of halogens is 12. The Hall–Kier alpha value is -3.06. The van der Waals surface area contributed by atoms with Gasteiger partial charge in [-0.25, -0.2) is 0 Å². The van der Waals surface area contributed by atoms with Crippen molar-refractivity contribution in [3.63, 3.8) is 0 Å². The normalized spacial score (nSPS) is 20.0. The first kappa shape index (κ1) is 29.5. The van der Waals surface area contributed by atoms with Gasteiger partial charge in [-0.3, -0.25) is 9.98 Å². The summed E-state index contributed by atoms with van der Waals surface area (Å²) in [6.45, 7) is 0. The quantitative estimate of drug-likeness (QED) is 0.263. The lowest BCUT2D eigenvalue weighted by Crippen LogP contribution is -2.27. The Kier molecular flexibility index (Phi) is 8.23. The maximum absolute atomic E-state index is 13.1. The summed E-state index contributed by atoms with van der Waals surface area (Å²) < 4.78 is 157. The van der Waals surface area contributed by atoms with E-state index in [0.29, 0.717) is 49.9 Å². The maximum atomic E-state index is 13.1. The summed E-state index contributed by atoms with van der Waals surface area (Å²) in [5, 5.41) is 0. The fraction of sp³-hybridized carbons (Fsp3) is 0.417. The molecule has 2 aromatic rings. The minimum atomic E-state index is -5.05. The Labute approximate surface area is 208 Å². The van der Waals surface area contributed by atoms with Crippen molar-refractivity contribution in [3.8, 4) is 0 Å².